The van der Waals surface area contributed by atoms with E-state index in [0.717, 1.165) is 18.8 Å². The molecule has 1 amide bonds. The molecule has 1 aromatic heterocycles. The number of carbonyl (C=O) groups is 1. The molecule has 0 aliphatic carbocycles. The summed E-state index contributed by atoms with van der Waals surface area (Å²) in [4.78, 5) is 23.0. The van der Waals surface area contributed by atoms with Gasteiger partial charge in [0.15, 0.2) is 5.96 Å². The van der Waals surface area contributed by atoms with Gasteiger partial charge in [0.05, 0.1) is 31.6 Å². The predicted octanol–water partition coefficient (Wildman–Crippen LogP) is 2.42. The van der Waals surface area contributed by atoms with Gasteiger partial charge in [0, 0.05) is 19.8 Å². The molecule has 2 heterocycles. The molecule has 166 valence electrons. The highest BCUT2D eigenvalue weighted by Gasteiger charge is 2.22. The number of piperidine rings is 1. The van der Waals surface area contributed by atoms with Crippen molar-refractivity contribution in [3.63, 3.8) is 0 Å². The van der Waals surface area contributed by atoms with E-state index in [0.29, 0.717) is 18.2 Å². The zero-order chi connectivity index (χ0) is 21.9. The fourth-order valence-corrected chi connectivity index (χ4v) is 3.73. The molecule has 0 saturated carbocycles. The molecule has 1 fully saturated rings. The summed E-state index contributed by atoms with van der Waals surface area (Å²) in [7, 11) is 3.39. The summed E-state index contributed by atoms with van der Waals surface area (Å²) in [5.41, 5.74) is 1.90. The first kappa shape index (κ1) is 22.6. The average molecular weight is 425 g/mol. The smallest absolute Gasteiger partial charge is 0.243 e. The van der Waals surface area contributed by atoms with Crippen LogP contribution in [0.4, 0.5) is 5.69 Å². The number of aliphatic imine (C=N–C) groups is 1. The molecule has 3 N–H and O–H groups in total. The van der Waals surface area contributed by atoms with Crippen LogP contribution in [0.5, 0.6) is 5.75 Å². The van der Waals surface area contributed by atoms with Gasteiger partial charge in [-0.2, -0.15) is 0 Å². The van der Waals surface area contributed by atoms with Crippen molar-refractivity contribution in [1.82, 2.24) is 20.5 Å². The molecule has 1 saturated heterocycles. The summed E-state index contributed by atoms with van der Waals surface area (Å²) in [6.45, 7) is 2.97. The van der Waals surface area contributed by atoms with Gasteiger partial charge in [-0.15, -0.1) is 0 Å². The van der Waals surface area contributed by atoms with Crippen molar-refractivity contribution in [3.05, 3.63) is 54.4 Å². The Balaban J connectivity index is 1.57. The average Bonchev–Trinajstić information content (AvgIpc) is 2.83. The number of hydrogen-bond donors (Lipinski definition) is 3. The van der Waals surface area contributed by atoms with Crippen molar-refractivity contribution in [1.29, 1.82) is 0 Å². The fraction of sp³-hybridized carbons (Fsp3) is 0.435. The Labute approximate surface area is 184 Å². The van der Waals surface area contributed by atoms with Gasteiger partial charge in [0.25, 0.3) is 0 Å². The van der Waals surface area contributed by atoms with Crippen LogP contribution in [-0.2, 0) is 4.79 Å². The van der Waals surface area contributed by atoms with E-state index in [9.17, 15) is 4.79 Å². The summed E-state index contributed by atoms with van der Waals surface area (Å²) >= 11 is 0. The third-order valence-electron chi connectivity index (χ3n) is 5.38. The number of aromatic nitrogens is 1. The van der Waals surface area contributed by atoms with Crippen LogP contribution >= 0.6 is 0 Å². The molecule has 1 aliphatic heterocycles. The Bertz CT molecular complexity index is 835. The van der Waals surface area contributed by atoms with E-state index in [-0.39, 0.29) is 18.5 Å². The number of likely N-dealkylation sites (tertiary alicyclic amines) is 1. The first-order chi connectivity index (χ1) is 15.2. The third kappa shape index (κ3) is 6.96. The van der Waals surface area contributed by atoms with Crippen molar-refractivity contribution in [2.75, 3.05) is 45.7 Å². The summed E-state index contributed by atoms with van der Waals surface area (Å²) in [5, 5.41) is 9.28. The van der Waals surface area contributed by atoms with Gasteiger partial charge in [-0.1, -0.05) is 18.6 Å². The molecule has 1 aliphatic rings. The van der Waals surface area contributed by atoms with Gasteiger partial charge >= 0.3 is 0 Å². The number of anilines is 1. The summed E-state index contributed by atoms with van der Waals surface area (Å²) in [5.74, 6) is 1.29. The Morgan fingerprint density at radius 2 is 1.94 bits per heavy atom. The van der Waals surface area contributed by atoms with E-state index in [2.05, 4.69) is 43.0 Å². The van der Waals surface area contributed by atoms with Gasteiger partial charge in [-0.05, 0) is 55.8 Å². The minimum absolute atomic E-state index is 0.117. The molecule has 0 spiro atoms. The van der Waals surface area contributed by atoms with Crippen molar-refractivity contribution in [2.24, 2.45) is 4.99 Å². The number of rotatable bonds is 8. The highest BCUT2D eigenvalue weighted by molar-refractivity contribution is 5.94. The lowest BCUT2D eigenvalue weighted by Gasteiger charge is -2.35. The van der Waals surface area contributed by atoms with Crippen LogP contribution in [0.15, 0.2) is 53.8 Å². The monoisotopic (exact) mass is 424 g/mol. The maximum absolute atomic E-state index is 12.2. The van der Waals surface area contributed by atoms with Crippen LogP contribution in [0.2, 0.25) is 0 Å². The Hall–Kier alpha value is -3.13. The second kappa shape index (κ2) is 11.9. The first-order valence-corrected chi connectivity index (χ1v) is 10.7. The maximum Gasteiger partial charge on any atom is 0.243 e. The number of methoxy groups -OCH3 is 1. The van der Waals surface area contributed by atoms with Crippen LogP contribution < -0.4 is 20.7 Å². The molecule has 1 atom stereocenters. The van der Waals surface area contributed by atoms with Gasteiger partial charge in [-0.25, -0.2) is 0 Å². The molecule has 8 heteroatoms. The van der Waals surface area contributed by atoms with Crippen molar-refractivity contribution >= 4 is 17.6 Å². The predicted molar refractivity (Wildman–Crippen MR) is 123 cm³/mol. The molecule has 31 heavy (non-hydrogen) atoms. The lowest BCUT2D eigenvalue weighted by atomic mass is 10.0. The van der Waals surface area contributed by atoms with E-state index >= 15 is 0 Å². The van der Waals surface area contributed by atoms with Crippen LogP contribution in [0.25, 0.3) is 0 Å². The standard InChI is InChI=1S/C23H32N6O2/c1-24-23(27-17-22(30)28-19-7-6-12-25-15-19)26-16-21(29-13-4-3-5-14-29)18-8-10-20(31-2)11-9-18/h6-12,15,21H,3-5,13-14,16-17H2,1-2H3,(H,28,30)(H2,24,26,27). The zero-order valence-corrected chi connectivity index (χ0v) is 18.3. The Morgan fingerprint density at radius 1 is 1.16 bits per heavy atom. The lowest BCUT2D eigenvalue weighted by Crippen LogP contribution is -2.46. The van der Waals surface area contributed by atoms with E-state index in [1.165, 1.54) is 24.8 Å². The van der Waals surface area contributed by atoms with E-state index in [1.54, 1.807) is 38.7 Å². The van der Waals surface area contributed by atoms with Crippen molar-refractivity contribution in [3.8, 4) is 5.75 Å². The quantitative estimate of drug-likeness (QED) is 0.445. The number of guanidine groups is 1. The minimum Gasteiger partial charge on any atom is -0.497 e. The van der Waals surface area contributed by atoms with Crippen LogP contribution in [0.3, 0.4) is 0 Å². The highest BCUT2D eigenvalue weighted by atomic mass is 16.5. The van der Waals surface area contributed by atoms with Gasteiger partial charge in [-0.3, -0.25) is 19.7 Å². The second-order valence-corrected chi connectivity index (χ2v) is 7.48. The summed E-state index contributed by atoms with van der Waals surface area (Å²) in [6, 6.07) is 12.0. The second-order valence-electron chi connectivity index (χ2n) is 7.48. The molecule has 8 nitrogen and oxygen atoms in total. The molecule has 1 aromatic carbocycles. The number of nitrogens with zero attached hydrogens (tertiary/aromatic N) is 3. The molecule has 0 radical (unpaired) electrons. The van der Waals surface area contributed by atoms with E-state index < -0.39 is 0 Å². The zero-order valence-electron chi connectivity index (χ0n) is 18.3. The number of benzene rings is 1. The van der Waals surface area contributed by atoms with E-state index in [4.69, 9.17) is 4.74 Å². The van der Waals surface area contributed by atoms with Gasteiger partial charge in [0.1, 0.15) is 5.75 Å². The molecular weight excluding hydrogens is 392 g/mol. The van der Waals surface area contributed by atoms with Crippen molar-refractivity contribution in [2.45, 2.75) is 25.3 Å². The summed E-state index contributed by atoms with van der Waals surface area (Å²) < 4.78 is 5.31. The maximum atomic E-state index is 12.2. The number of ether oxygens (including phenoxy) is 1. The Kier molecular flexibility index (Phi) is 8.66. The van der Waals surface area contributed by atoms with Crippen molar-refractivity contribution < 1.29 is 9.53 Å². The number of carbonyl (C=O) groups excluding carboxylic acids is 1. The molecule has 3 rings (SSSR count). The minimum atomic E-state index is -0.154. The molecule has 2 aromatic rings. The van der Waals surface area contributed by atoms with Crippen LogP contribution in [0, 0.1) is 0 Å². The Morgan fingerprint density at radius 3 is 2.58 bits per heavy atom. The van der Waals surface area contributed by atoms with Crippen LogP contribution in [0.1, 0.15) is 30.9 Å². The molecule has 1 unspecified atom stereocenters. The first-order valence-electron chi connectivity index (χ1n) is 10.7. The normalized spacial score (nSPS) is 15.7. The fourth-order valence-electron chi connectivity index (χ4n) is 3.73. The topological polar surface area (TPSA) is 90.9 Å². The number of amides is 1. The number of hydrogen-bond acceptors (Lipinski definition) is 5. The number of pyridine rings is 1. The third-order valence-corrected chi connectivity index (χ3v) is 5.38. The SMILES string of the molecule is CN=C(NCC(=O)Nc1cccnc1)NCC(c1ccc(OC)cc1)N1CCCCC1. The van der Waals surface area contributed by atoms with E-state index in [1.807, 2.05) is 12.1 Å². The van der Waals surface area contributed by atoms with Crippen LogP contribution in [-0.4, -0.2) is 62.1 Å². The van der Waals surface area contributed by atoms with Gasteiger partial charge in [0.2, 0.25) is 5.91 Å². The lowest BCUT2D eigenvalue weighted by molar-refractivity contribution is -0.115. The summed E-state index contributed by atoms with van der Waals surface area (Å²) in [6.07, 6.45) is 7.00. The number of nitrogens with one attached hydrogen (secondary N) is 3. The highest BCUT2D eigenvalue weighted by Crippen LogP contribution is 2.25. The van der Waals surface area contributed by atoms with Gasteiger partial charge < -0.3 is 20.7 Å². The largest absolute Gasteiger partial charge is 0.497 e. The molecule has 0 bridgehead atoms. The molecular formula is C23H32N6O2.